The molecule has 1 atom stereocenters. The maximum absolute atomic E-state index is 4.58. The topological polar surface area (TPSA) is 28.2 Å². The lowest BCUT2D eigenvalue weighted by Gasteiger charge is -2.21. The van der Waals surface area contributed by atoms with Gasteiger partial charge in [-0.3, -0.25) is 4.98 Å². The Hall–Kier alpha value is -1.45. The van der Waals surface area contributed by atoms with Crippen LogP contribution in [-0.4, -0.2) is 37.1 Å². The summed E-state index contributed by atoms with van der Waals surface area (Å²) in [5.74, 6) is 0. The molecule has 0 amide bonds. The Morgan fingerprint density at radius 3 is 2.80 bits per heavy atom. The van der Waals surface area contributed by atoms with Gasteiger partial charge in [-0.05, 0) is 57.7 Å². The lowest BCUT2D eigenvalue weighted by molar-refractivity contribution is 0.361. The van der Waals surface area contributed by atoms with E-state index in [0.717, 1.165) is 31.4 Å². The number of aromatic nitrogens is 1. The second kappa shape index (κ2) is 7.36. The van der Waals surface area contributed by atoms with Gasteiger partial charge in [-0.2, -0.15) is 0 Å². The fraction of sp³-hybridized carbons (Fsp3) is 0.471. The van der Waals surface area contributed by atoms with Gasteiger partial charge in [-0.25, -0.2) is 0 Å². The molecule has 1 aromatic carbocycles. The number of hydrogen-bond donors (Lipinski definition) is 1. The maximum atomic E-state index is 4.58. The Morgan fingerprint density at radius 1 is 1.25 bits per heavy atom. The highest BCUT2D eigenvalue weighted by molar-refractivity contribution is 5.78. The third kappa shape index (κ3) is 4.02. The lowest BCUT2D eigenvalue weighted by atomic mass is 10.0. The monoisotopic (exact) mass is 271 g/mol. The van der Waals surface area contributed by atoms with Gasteiger partial charge in [0, 0.05) is 17.6 Å². The van der Waals surface area contributed by atoms with Crippen LogP contribution >= 0.6 is 0 Å². The van der Waals surface area contributed by atoms with Crippen LogP contribution in [0.1, 0.15) is 31.4 Å². The SMILES string of the molecule is CCCNC(CCN(C)C)c1cnc2ccccc2c1. The van der Waals surface area contributed by atoms with Crippen LogP contribution in [0.4, 0.5) is 0 Å². The molecule has 3 nitrogen and oxygen atoms in total. The van der Waals surface area contributed by atoms with E-state index < -0.39 is 0 Å². The molecule has 0 aliphatic carbocycles. The van der Waals surface area contributed by atoms with Gasteiger partial charge in [0.2, 0.25) is 0 Å². The second-order valence-electron chi connectivity index (χ2n) is 5.56. The van der Waals surface area contributed by atoms with Crippen LogP contribution in [0.25, 0.3) is 10.9 Å². The molecule has 2 aromatic rings. The second-order valence-corrected chi connectivity index (χ2v) is 5.56. The van der Waals surface area contributed by atoms with Crippen LogP contribution in [0.3, 0.4) is 0 Å². The number of fused-ring (bicyclic) bond motifs is 1. The van der Waals surface area contributed by atoms with Gasteiger partial charge < -0.3 is 10.2 Å². The zero-order chi connectivity index (χ0) is 14.4. The highest BCUT2D eigenvalue weighted by atomic mass is 15.1. The van der Waals surface area contributed by atoms with E-state index in [-0.39, 0.29) is 0 Å². The lowest BCUT2D eigenvalue weighted by Crippen LogP contribution is -2.26. The third-order valence-corrected chi connectivity index (χ3v) is 3.52. The molecule has 0 saturated carbocycles. The van der Waals surface area contributed by atoms with Crippen LogP contribution in [0, 0.1) is 0 Å². The van der Waals surface area contributed by atoms with Crippen LogP contribution in [0.5, 0.6) is 0 Å². The van der Waals surface area contributed by atoms with Crippen molar-refractivity contribution in [1.29, 1.82) is 0 Å². The first-order valence-corrected chi connectivity index (χ1v) is 7.43. The van der Waals surface area contributed by atoms with Gasteiger partial charge in [0.05, 0.1) is 5.52 Å². The molecular formula is C17H25N3. The van der Waals surface area contributed by atoms with E-state index in [0.29, 0.717) is 6.04 Å². The molecule has 0 aliphatic rings. The van der Waals surface area contributed by atoms with Crippen LogP contribution in [0.15, 0.2) is 36.5 Å². The molecule has 1 aromatic heterocycles. The van der Waals surface area contributed by atoms with Gasteiger partial charge in [0.25, 0.3) is 0 Å². The molecule has 20 heavy (non-hydrogen) atoms. The third-order valence-electron chi connectivity index (χ3n) is 3.52. The van der Waals surface area contributed by atoms with Crippen molar-refractivity contribution >= 4 is 10.9 Å². The van der Waals surface area contributed by atoms with E-state index >= 15 is 0 Å². The first kappa shape index (κ1) is 14.9. The zero-order valence-corrected chi connectivity index (χ0v) is 12.8. The average molecular weight is 271 g/mol. The van der Waals surface area contributed by atoms with E-state index in [4.69, 9.17) is 0 Å². The van der Waals surface area contributed by atoms with E-state index in [1.165, 1.54) is 10.9 Å². The summed E-state index contributed by atoms with van der Waals surface area (Å²) in [7, 11) is 4.24. The maximum Gasteiger partial charge on any atom is 0.0702 e. The van der Waals surface area contributed by atoms with Crippen LogP contribution in [0.2, 0.25) is 0 Å². The predicted octanol–water partition coefficient (Wildman–Crippen LogP) is 3.23. The van der Waals surface area contributed by atoms with E-state index in [2.05, 4.69) is 60.5 Å². The molecule has 0 aliphatic heterocycles. The summed E-state index contributed by atoms with van der Waals surface area (Å²) in [5.41, 5.74) is 2.36. The predicted molar refractivity (Wildman–Crippen MR) is 85.9 cm³/mol. The molecule has 2 rings (SSSR count). The van der Waals surface area contributed by atoms with Crippen LogP contribution in [-0.2, 0) is 0 Å². The summed E-state index contributed by atoms with van der Waals surface area (Å²) in [5, 5.41) is 4.86. The quantitative estimate of drug-likeness (QED) is 0.838. The standard InChI is InChI=1S/C17H25N3/c1-4-10-18-17(9-11-20(2)3)15-12-14-7-5-6-8-16(14)19-13-15/h5-8,12-13,17-18H,4,9-11H2,1-3H3. The number of nitrogens with one attached hydrogen (secondary N) is 1. The number of nitrogens with zero attached hydrogens (tertiary/aromatic N) is 2. The van der Waals surface area contributed by atoms with Crippen molar-refractivity contribution in [2.24, 2.45) is 0 Å². The highest BCUT2D eigenvalue weighted by Crippen LogP contribution is 2.20. The Bertz CT molecular complexity index is 537. The molecule has 0 fully saturated rings. The van der Waals surface area contributed by atoms with E-state index in [1.807, 2.05) is 12.3 Å². The zero-order valence-electron chi connectivity index (χ0n) is 12.8. The fourth-order valence-corrected chi connectivity index (χ4v) is 2.37. The van der Waals surface area contributed by atoms with E-state index in [1.54, 1.807) is 0 Å². The molecule has 1 unspecified atom stereocenters. The Labute approximate surface area is 122 Å². The van der Waals surface area contributed by atoms with Crippen molar-refractivity contribution in [3.05, 3.63) is 42.1 Å². The molecule has 3 heteroatoms. The van der Waals surface area contributed by atoms with Gasteiger partial charge in [0.1, 0.15) is 0 Å². The van der Waals surface area contributed by atoms with Gasteiger partial charge in [-0.1, -0.05) is 25.1 Å². The molecule has 0 radical (unpaired) electrons. The number of rotatable bonds is 7. The molecule has 1 heterocycles. The first-order valence-electron chi connectivity index (χ1n) is 7.43. The Kier molecular flexibility index (Phi) is 5.50. The Balaban J connectivity index is 2.19. The van der Waals surface area contributed by atoms with Gasteiger partial charge >= 0.3 is 0 Å². The Morgan fingerprint density at radius 2 is 2.05 bits per heavy atom. The summed E-state index contributed by atoms with van der Waals surface area (Å²) in [4.78, 5) is 6.81. The molecule has 0 spiro atoms. The summed E-state index contributed by atoms with van der Waals surface area (Å²) in [6.07, 6.45) is 4.28. The largest absolute Gasteiger partial charge is 0.310 e. The minimum atomic E-state index is 0.384. The van der Waals surface area contributed by atoms with E-state index in [9.17, 15) is 0 Å². The smallest absolute Gasteiger partial charge is 0.0702 e. The summed E-state index contributed by atoms with van der Waals surface area (Å²) in [6, 6.07) is 11.0. The van der Waals surface area contributed by atoms with Gasteiger partial charge in [-0.15, -0.1) is 0 Å². The average Bonchev–Trinajstić information content (AvgIpc) is 2.46. The highest BCUT2D eigenvalue weighted by Gasteiger charge is 2.12. The minimum absolute atomic E-state index is 0.384. The summed E-state index contributed by atoms with van der Waals surface area (Å²) < 4.78 is 0. The molecule has 0 bridgehead atoms. The minimum Gasteiger partial charge on any atom is -0.310 e. The number of benzene rings is 1. The van der Waals surface area contributed by atoms with Crippen molar-refractivity contribution < 1.29 is 0 Å². The normalized spacial score (nSPS) is 13.0. The fourth-order valence-electron chi connectivity index (χ4n) is 2.37. The molecule has 108 valence electrons. The molecule has 0 saturated heterocycles. The number of hydrogen-bond acceptors (Lipinski definition) is 3. The van der Waals surface area contributed by atoms with Crippen molar-refractivity contribution in [2.75, 3.05) is 27.2 Å². The molecular weight excluding hydrogens is 246 g/mol. The molecule has 1 N–H and O–H groups in total. The number of pyridine rings is 1. The van der Waals surface area contributed by atoms with Crippen molar-refractivity contribution in [3.8, 4) is 0 Å². The van der Waals surface area contributed by atoms with Crippen LogP contribution < -0.4 is 5.32 Å². The van der Waals surface area contributed by atoms with Crippen molar-refractivity contribution in [1.82, 2.24) is 15.2 Å². The number of para-hydroxylation sites is 1. The summed E-state index contributed by atoms with van der Waals surface area (Å²) >= 11 is 0. The van der Waals surface area contributed by atoms with Crippen molar-refractivity contribution in [3.63, 3.8) is 0 Å². The van der Waals surface area contributed by atoms with Crippen molar-refractivity contribution in [2.45, 2.75) is 25.8 Å². The van der Waals surface area contributed by atoms with Gasteiger partial charge in [0.15, 0.2) is 0 Å². The first-order chi connectivity index (χ1) is 9.70. The summed E-state index contributed by atoms with van der Waals surface area (Å²) in [6.45, 7) is 4.33.